The molecule has 1 aliphatic rings. The van der Waals surface area contributed by atoms with E-state index in [1.54, 1.807) is 0 Å². The molecule has 7 heteroatoms. The third-order valence-corrected chi connectivity index (χ3v) is 3.94. The van der Waals surface area contributed by atoms with Crippen LogP contribution < -0.4 is 10.1 Å². The Bertz CT molecular complexity index is 483. The zero-order valence-electron chi connectivity index (χ0n) is 13.8. The molecule has 0 bridgehead atoms. The van der Waals surface area contributed by atoms with Crippen molar-refractivity contribution >= 4 is 24.8 Å². The standard InChI is InChI=1S/C16H25FN2O2.2ClH/c1-11(2)8-14(19-6-4-18-5-7-19)13-9-12(17)10-15(21-3)16(13)20;;/h9-11,14,18,20H,4-8H2,1-3H3;2*1H/t14-;;/m1../s1. The van der Waals surface area contributed by atoms with Crippen LogP contribution in [0.3, 0.4) is 0 Å². The molecule has 134 valence electrons. The molecule has 1 aromatic rings. The Labute approximate surface area is 150 Å². The molecule has 0 amide bonds. The first-order valence-electron chi connectivity index (χ1n) is 7.54. The Morgan fingerprint density at radius 1 is 1.26 bits per heavy atom. The Balaban J connectivity index is 0.00000242. The molecule has 4 nitrogen and oxygen atoms in total. The zero-order chi connectivity index (χ0) is 15.4. The van der Waals surface area contributed by atoms with Crippen molar-refractivity contribution in [2.45, 2.75) is 26.3 Å². The van der Waals surface area contributed by atoms with Crippen LogP contribution >= 0.6 is 24.8 Å². The molecular formula is C16H27Cl2FN2O2. The minimum Gasteiger partial charge on any atom is -0.504 e. The average Bonchev–Trinajstić information content (AvgIpc) is 2.47. The number of rotatable bonds is 5. The molecule has 1 aromatic carbocycles. The van der Waals surface area contributed by atoms with Crippen LogP contribution in [0.15, 0.2) is 12.1 Å². The highest BCUT2D eigenvalue weighted by molar-refractivity contribution is 5.85. The highest BCUT2D eigenvalue weighted by atomic mass is 35.5. The van der Waals surface area contributed by atoms with Crippen LogP contribution in [0.1, 0.15) is 31.9 Å². The van der Waals surface area contributed by atoms with Crippen molar-refractivity contribution in [2.75, 3.05) is 33.3 Å². The first-order chi connectivity index (χ1) is 10.0. The summed E-state index contributed by atoms with van der Waals surface area (Å²) in [4.78, 5) is 2.31. The highest BCUT2D eigenvalue weighted by Gasteiger charge is 2.27. The van der Waals surface area contributed by atoms with E-state index < -0.39 is 0 Å². The minimum absolute atomic E-state index is 0. The number of aromatic hydroxyl groups is 1. The molecule has 0 radical (unpaired) electrons. The van der Waals surface area contributed by atoms with Crippen molar-refractivity contribution in [3.63, 3.8) is 0 Å². The lowest BCUT2D eigenvalue weighted by atomic mass is 9.94. The van der Waals surface area contributed by atoms with E-state index in [4.69, 9.17) is 4.74 Å². The molecule has 23 heavy (non-hydrogen) atoms. The number of phenols is 1. The summed E-state index contributed by atoms with van der Waals surface area (Å²) < 4.78 is 18.9. The molecule has 0 unspecified atom stereocenters. The van der Waals surface area contributed by atoms with Gasteiger partial charge in [0.25, 0.3) is 0 Å². The maximum absolute atomic E-state index is 13.8. The second-order valence-corrected chi connectivity index (χ2v) is 5.98. The van der Waals surface area contributed by atoms with E-state index in [1.807, 2.05) is 0 Å². The number of ether oxygens (including phenoxy) is 1. The predicted molar refractivity (Wildman–Crippen MR) is 95.8 cm³/mol. The number of hydrogen-bond donors (Lipinski definition) is 2. The van der Waals surface area contributed by atoms with Gasteiger partial charge in [-0.1, -0.05) is 13.8 Å². The average molecular weight is 369 g/mol. The normalized spacial score (nSPS) is 16.4. The Hall–Kier alpha value is -0.750. The first-order valence-corrected chi connectivity index (χ1v) is 7.54. The zero-order valence-corrected chi connectivity index (χ0v) is 15.5. The van der Waals surface area contributed by atoms with Gasteiger partial charge in [-0.3, -0.25) is 4.90 Å². The highest BCUT2D eigenvalue weighted by Crippen LogP contribution is 2.39. The molecule has 1 saturated heterocycles. The largest absolute Gasteiger partial charge is 0.504 e. The Kier molecular flexibility index (Phi) is 9.85. The molecule has 1 heterocycles. The first kappa shape index (κ1) is 22.2. The predicted octanol–water partition coefficient (Wildman–Crippen LogP) is 3.38. The Morgan fingerprint density at radius 3 is 2.39 bits per heavy atom. The molecule has 1 atom stereocenters. The molecular weight excluding hydrogens is 342 g/mol. The van der Waals surface area contributed by atoms with Crippen molar-refractivity contribution < 1.29 is 14.2 Å². The number of hydrogen-bond acceptors (Lipinski definition) is 4. The lowest BCUT2D eigenvalue weighted by molar-refractivity contribution is 0.151. The monoisotopic (exact) mass is 368 g/mol. The van der Waals surface area contributed by atoms with Crippen molar-refractivity contribution in [3.05, 3.63) is 23.5 Å². The van der Waals surface area contributed by atoms with Crippen molar-refractivity contribution in [1.29, 1.82) is 0 Å². The van der Waals surface area contributed by atoms with Gasteiger partial charge in [-0.15, -0.1) is 24.8 Å². The van der Waals surface area contributed by atoms with Gasteiger partial charge in [0, 0.05) is 43.9 Å². The second-order valence-electron chi connectivity index (χ2n) is 5.98. The second kappa shape index (κ2) is 10.2. The van der Waals surface area contributed by atoms with Crippen LogP contribution in [0.25, 0.3) is 0 Å². The van der Waals surface area contributed by atoms with Crippen LogP contribution in [-0.4, -0.2) is 43.3 Å². The van der Waals surface area contributed by atoms with E-state index in [0.717, 1.165) is 32.6 Å². The molecule has 0 aromatic heterocycles. The van der Waals surface area contributed by atoms with Gasteiger partial charge in [0.2, 0.25) is 0 Å². The Morgan fingerprint density at radius 2 is 1.87 bits per heavy atom. The van der Waals surface area contributed by atoms with E-state index >= 15 is 0 Å². The third kappa shape index (κ3) is 5.68. The molecule has 0 aliphatic carbocycles. The van der Waals surface area contributed by atoms with E-state index in [9.17, 15) is 9.50 Å². The molecule has 0 saturated carbocycles. The molecule has 2 N–H and O–H groups in total. The number of nitrogens with zero attached hydrogens (tertiary/aromatic N) is 1. The number of halogens is 3. The van der Waals surface area contributed by atoms with Crippen molar-refractivity contribution in [3.8, 4) is 11.5 Å². The van der Waals surface area contributed by atoms with E-state index in [1.165, 1.54) is 19.2 Å². The lowest BCUT2D eigenvalue weighted by Crippen LogP contribution is -2.45. The fraction of sp³-hybridized carbons (Fsp3) is 0.625. The van der Waals surface area contributed by atoms with Crippen molar-refractivity contribution in [1.82, 2.24) is 10.2 Å². The third-order valence-electron chi connectivity index (χ3n) is 3.94. The number of methoxy groups -OCH3 is 1. The number of phenolic OH excluding ortho intramolecular Hbond substituents is 1. The summed E-state index contributed by atoms with van der Waals surface area (Å²) in [7, 11) is 1.44. The fourth-order valence-corrected chi connectivity index (χ4v) is 2.92. The van der Waals surface area contributed by atoms with Gasteiger partial charge < -0.3 is 15.2 Å². The van der Waals surface area contributed by atoms with E-state index in [-0.39, 0.29) is 48.2 Å². The summed E-state index contributed by atoms with van der Waals surface area (Å²) in [6, 6.07) is 2.67. The number of benzene rings is 1. The van der Waals surface area contributed by atoms with Gasteiger partial charge in [0.05, 0.1) is 7.11 Å². The van der Waals surface area contributed by atoms with Gasteiger partial charge >= 0.3 is 0 Å². The summed E-state index contributed by atoms with van der Waals surface area (Å²) in [5.74, 6) is 0.346. The van der Waals surface area contributed by atoms with Crippen LogP contribution in [0.2, 0.25) is 0 Å². The number of nitrogens with one attached hydrogen (secondary N) is 1. The van der Waals surface area contributed by atoms with Gasteiger partial charge in [-0.05, 0) is 18.4 Å². The molecule has 0 spiro atoms. The topological polar surface area (TPSA) is 44.7 Å². The SMILES string of the molecule is COc1cc(F)cc([C@@H](CC(C)C)N2CCNCC2)c1O.Cl.Cl. The quantitative estimate of drug-likeness (QED) is 0.835. The lowest BCUT2D eigenvalue weighted by Gasteiger charge is -2.36. The van der Waals surface area contributed by atoms with Crippen LogP contribution in [0.4, 0.5) is 4.39 Å². The number of piperazine rings is 1. The van der Waals surface area contributed by atoms with Crippen LogP contribution in [0, 0.1) is 11.7 Å². The summed E-state index contributed by atoms with van der Waals surface area (Å²) in [5.41, 5.74) is 0.627. The van der Waals surface area contributed by atoms with Gasteiger partial charge in [-0.25, -0.2) is 4.39 Å². The fourth-order valence-electron chi connectivity index (χ4n) is 2.92. The molecule has 1 aliphatic heterocycles. The molecule has 2 rings (SSSR count). The van der Waals surface area contributed by atoms with Crippen LogP contribution in [-0.2, 0) is 0 Å². The van der Waals surface area contributed by atoms with Gasteiger partial charge in [-0.2, -0.15) is 0 Å². The minimum atomic E-state index is -0.372. The van der Waals surface area contributed by atoms with Crippen LogP contribution in [0.5, 0.6) is 11.5 Å². The van der Waals surface area contributed by atoms with Gasteiger partial charge in [0.1, 0.15) is 5.82 Å². The van der Waals surface area contributed by atoms with Crippen molar-refractivity contribution in [2.24, 2.45) is 5.92 Å². The van der Waals surface area contributed by atoms with E-state index in [0.29, 0.717) is 11.5 Å². The van der Waals surface area contributed by atoms with E-state index in [2.05, 4.69) is 24.1 Å². The summed E-state index contributed by atoms with van der Waals surface area (Å²) in [5, 5.41) is 13.7. The summed E-state index contributed by atoms with van der Waals surface area (Å²) in [6.45, 7) is 7.92. The molecule has 1 fully saturated rings. The maximum Gasteiger partial charge on any atom is 0.163 e. The summed E-state index contributed by atoms with van der Waals surface area (Å²) >= 11 is 0. The van der Waals surface area contributed by atoms with Gasteiger partial charge in [0.15, 0.2) is 11.5 Å². The summed E-state index contributed by atoms with van der Waals surface area (Å²) in [6.07, 6.45) is 0.875. The maximum atomic E-state index is 13.8. The smallest absolute Gasteiger partial charge is 0.163 e.